The summed E-state index contributed by atoms with van der Waals surface area (Å²) in [4.78, 5) is 28.5. The van der Waals surface area contributed by atoms with Crippen molar-refractivity contribution in [1.82, 2.24) is 10.3 Å². The van der Waals surface area contributed by atoms with E-state index in [1.165, 1.54) is 19.4 Å². The van der Waals surface area contributed by atoms with E-state index in [2.05, 4.69) is 15.6 Å². The molecule has 3 rings (SSSR count). The molecule has 2 amide bonds. The molecule has 0 bridgehead atoms. The number of benzene rings is 1. The Hall–Kier alpha value is -3.09. The minimum Gasteiger partial charge on any atom is -0.493 e. The molecule has 2 aromatic rings. The third-order valence-electron chi connectivity index (χ3n) is 3.81. The van der Waals surface area contributed by atoms with Gasteiger partial charge < -0.3 is 20.1 Å². The number of anilines is 1. The van der Waals surface area contributed by atoms with E-state index < -0.39 is 0 Å². The number of amides is 2. The third-order valence-corrected chi connectivity index (χ3v) is 3.81. The number of rotatable bonds is 6. The quantitative estimate of drug-likeness (QED) is 0.841. The zero-order valence-corrected chi connectivity index (χ0v) is 14.0. The van der Waals surface area contributed by atoms with Crippen LogP contribution in [0, 0.1) is 0 Å². The molecule has 7 nitrogen and oxygen atoms in total. The Morgan fingerprint density at radius 1 is 1.04 bits per heavy atom. The highest BCUT2D eigenvalue weighted by Gasteiger charge is 2.24. The molecule has 1 aliphatic rings. The Bertz CT molecular complexity index is 803. The minimum atomic E-state index is -0.338. The second-order valence-corrected chi connectivity index (χ2v) is 5.70. The molecule has 25 heavy (non-hydrogen) atoms. The van der Waals surface area contributed by atoms with Crippen LogP contribution in [-0.2, 0) is 0 Å². The van der Waals surface area contributed by atoms with E-state index >= 15 is 0 Å². The maximum absolute atomic E-state index is 12.4. The zero-order chi connectivity index (χ0) is 17.8. The van der Waals surface area contributed by atoms with Gasteiger partial charge in [-0.05, 0) is 37.1 Å². The molecule has 1 fully saturated rings. The van der Waals surface area contributed by atoms with Gasteiger partial charge in [0, 0.05) is 29.6 Å². The standard InChI is InChI=1S/C18H19N3O4/c1-24-15-6-5-13(10-16(15)25-2)21-17(22)11-7-8-19-14(9-11)18(23)20-12-3-4-12/h5-10,12H,3-4H2,1-2H3,(H,20,23)(H,21,22). The zero-order valence-electron chi connectivity index (χ0n) is 14.0. The van der Waals surface area contributed by atoms with Crippen LogP contribution in [0.5, 0.6) is 11.5 Å². The number of carbonyl (C=O) groups excluding carboxylic acids is 2. The van der Waals surface area contributed by atoms with Crippen molar-refractivity contribution < 1.29 is 19.1 Å². The summed E-state index contributed by atoms with van der Waals surface area (Å²) in [6, 6.07) is 8.35. The van der Waals surface area contributed by atoms with Gasteiger partial charge >= 0.3 is 0 Å². The van der Waals surface area contributed by atoms with Gasteiger partial charge in [0.1, 0.15) is 5.69 Å². The fourth-order valence-electron chi connectivity index (χ4n) is 2.30. The van der Waals surface area contributed by atoms with Crippen molar-refractivity contribution in [2.45, 2.75) is 18.9 Å². The number of carbonyl (C=O) groups is 2. The molecule has 0 unspecified atom stereocenters. The van der Waals surface area contributed by atoms with E-state index in [1.54, 1.807) is 31.4 Å². The lowest BCUT2D eigenvalue weighted by Gasteiger charge is -2.11. The van der Waals surface area contributed by atoms with Crippen LogP contribution >= 0.6 is 0 Å². The van der Waals surface area contributed by atoms with Crippen molar-refractivity contribution in [2.24, 2.45) is 0 Å². The monoisotopic (exact) mass is 341 g/mol. The molecular weight excluding hydrogens is 322 g/mol. The lowest BCUT2D eigenvalue weighted by molar-refractivity contribution is 0.0946. The van der Waals surface area contributed by atoms with Gasteiger partial charge in [-0.1, -0.05) is 0 Å². The van der Waals surface area contributed by atoms with Crippen molar-refractivity contribution in [3.05, 3.63) is 47.8 Å². The second-order valence-electron chi connectivity index (χ2n) is 5.70. The molecule has 7 heteroatoms. The first-order valence-corrected chi connectivity index (χ1v) is 7.91. The highest BCUT2D eigenvalue weighted by atomic mass is 16.5. The predicted molar refractivity (Wildman–Crippen MR) is 92.2 cm³/mol. The number of nitrogens with zero attached hydrogens (tertiary/aromatic N) is 1. The van der Waals surface area contributed by atoms with Crippen LogP contribution < -0.4 is 20.1 Å². The number of methoxy groups -OCH3 is 2. The van der Waals surface area contributed by atoms with Crippen LogP contribution in [0.15, 0.2) is 36.5 Å². The molecule has 130 valence electrons. The molecule has 1 aromatic carbocycles. The van der Waals surface area contributed by atoms with E-state index in [4.69, 9.17) is 9.47 Å². The van der Waals surface area contributed by atoms with Crippen LogP contribution in [0.1, 0.15) is 33.7 Å². The Kier molecular flexibility index (Phi) is 4.83. The molecule has 0 saturated heterocycles. The third kappa shape index (κ3) is 4.06. The van der Waals surface area contributed by atoms with E-state index in [9.17, 15) is 9.59 Å². The topological polar surface area (TPSA) is 89.5 Å². The molecule has 1 saturated carbocycles. The number of pyridine rings is 1. The number of hydrogen-bond donors (Lipinski definition) is 2. The second kappa shape index (κ2) is 7.21. The Morgan fingerprint density at radius 3 is 2.48 bits per heavy atom. The smallest absolute Gasteiger partial charge is 0.270 e. The SMILES string of the molecule is COc1ccc(NC(=O)c2ccnc(C(=O)NC3CC3)c2)cc1OC. The van der Waals surface area contributed by atoms with Crippen molar-refractivity contribution in [3.8, 4) is 11.5 Å². The van der Waals surface area contributed by atoms with E-state index in [0.29, 0.717) is 22.7 Å². The summed E-state index contributed by atoms with van der Waals surface area (Å²) in [6.07, 6.45) is 3.43. The lowest BCUT2D eigenvalue weighted by atomic mass is 10.2. The van der Waals surface area contributed by atoms with Gasteiger partial charge in [0.15, 0.2) is 11.5 Å². The molecule has 0 aliphatic heterocycles. The molecule has 0 atom stereocenters. The van der Waals surface area contributed by atoms with Crippen LogP contribution in [0.3, 0.4) is 0 Å². The van der Waals surface area contributed by atoms with Crippen molar-refractivity contribution in [3.63, 3.8) is 0 Å². The minimum absolute atomic E-state index is 0.229. The largest absolute Gasteiger partial charge is 0.493 e. The van der Waals surface area contributed by atoms with Gasteiger partial charge in [-0.25, -0.2) is 0 Å². The number of nitrogens with one attached hydrogen (secondary N) is 2. The average Bonchev–Trinajstić information content (AvgIpc) is 3.45. The van der Waals surface area contributed by atoms with E-state index in [0.717, 1.165) is 12.8 Å². The fraction of sp³-hybridized carbons (Fsp3) is 0.278. The van der Waals surface area contributed by atoms with Gasteiger partial charge in [0.2, 0.25) is 0 Å². The first kappa shape index (κ1) is 16.8. The van der Waals surface area contributed by atoms with Crippen molar-refractivity contribution >= 4 is 17.5 Å². The molecule has 1 heterocycles. The van der Waals surface area contributed by atoms with Gasteiger partial charge in [-0.15, -0.1) is 0 Å². The Morgan fingerprint density at radius 2 is 1.80 bits per heavy atom. The highest BCUT2D eigenvalue weighted by Crippen LogP contribution is 2.29. The predicted octanol–water partition coefficient (Wildman–Crippen LogP) is 2.24. The van der Waals surface area contributed by atoms with Gasteiger partial charge in [-0.3, -0.25) is 14.6 Å². The van der Waals surface area contributed by atoms with Gasteiger partial charge in [-0.2, -0.15) is 0 Å². The summed E-state index contributed by atoms with van der Waals surface area (Å²) in [5, 5.41) is 5.62. The van der Waals surface area contributed by atoms with Crippen LogP contribution in [-0.4, -0.2) is 37.1 Å². The van der Waals surface area contributed by atoms with E-state index in [-0.39, 0.29) is 23.6 Å². The summed E-state index contributed by atoms with van der Waals surface area (Å²) in [6.45, 7) is 0. The molecule has 1 aromatic heterocycles. The number of aromatic nitrogens is 1. The summed E-state index contributed by atoms with van der Waals surface area (Å²) in [7, 11) is 3.07. The van der Waals surface area contributed by atoms with Crippen LogP contribution in [0.25, 0.3) is 0 Å². The van der Waals surface area contributed by atoms with Crippen LogP contribution in [0.4, 0.5) is 5.69 Å². The first-order valence-electron chi connectivity index (χ1n) is 7.91. The lowest BCUT2D eigenvalue weighted by Crippen LogP contribution is -2.26. The fourth-order valence-corrected chi connectivity index (χ4v) is 2.30. The summed E-state index contributed by atoms with van der Waals surface area (Å²) < 4.78 is 10.4. The maximum Gasteiger partial charge on any atom is 0.270 e. The van der Waals surface area contributed by atoms with Gasteiger partial charge in [0.25, 0.3) is 11.8 Å². The normalized spacial score (nSPS) is 13.0. The van der Waals surface area contributed by atoms with Crippen molar-refractivity contribution in [1.29, 1.82) is 0 Å². The average molecular weight is 341 g/mol. The highest BCUT2D eigenvalue weighted by molar-refractivity contribution is 6.05. The summed E-state index contributed by atoms with van der Waals surface area (Å²) in [5.74, 6) is 0.487. The van der Waals surface area contributed by atoms with E-state index in [1.807, 2.05) is 0 Å². The molecule has 0 radical (unpaired) electrons. The van der Waals surface area contributed by atoms with Crippen LogP contribution in [0.2, 0.25) is 0 Å². The molecule has 0 spiro atoms. The number of ether oxygens (including phenoxy) is 2. The number of hydrogen-bond acceptors (Lipinski definition) is 5. The Labute approximate surface area is 145 Å². The molecule has 2 N–H and O–H groups in total. The first-order chi connectivity index (χ1) is 12.1. The Balaban J connectivity index is 1.73. The summed E-state index contributed by atoms with van der Waals surface area (Å²) >= 11 is 0. The maximum atomic E-state index is 12.4. The summed E-state index contributed by atoms with van der Waals surface area (Å²) in [5.41, 5.74) is 1.14. The van der Waals surface area contributed by atoms with Crippen molar-refractivity contribution in [2.75, 3.05) is 19.5 Å². The van der Waals surface area contributed by atoms with Gasteiger partial charge in [0.05, 0.1) is 14.2 Å². The molecular formula is C18H19N3O4. The molecule has 1 aliphatic carbocycles.